The second kappa shape index (κ2) is 6.22. The Morgan fingerprint density at radius 3 is 2.37 bits per heavy atom. The Balaban J connectivity index is 2.29. The van der Waals surface area contributed by atoms with Crippen LogP contribution in [0.15, 0.2) is 53.0 Å². The van der Waals surface area contributed by atoms with Crippen LogP contribution in [0.5, 0.6) is 0 Å². The minimum absolute atomic E-state index is 0.423. The molecule has 0 spiro atoms. The number of halogens is 2. The molecular formula is C15H12BrClO2. The maximum absolute atomic E-state index is 11.5. The lowest BCUT2D eigenvalue weighted by molar-refractivity contribution is -0.138. The van der Waals surface area contributed by atoms with Crippen molar-refractivity contribution in [2.24, 2.45) is 0 Å². The highest BCUT2D eigenvalue weighted by Crippen LogP contribution is 2.28. The van der Waals surface area contributed by atoms with Crippen molar-refractivity contribution < 1.29 is 9.90 Å². The molecule has 1 N–H and O–H groups in total. The van der Waals surface area contributed by atoms with Gasteiger partial charge in [0.15, 0.2) is 0 Å². The highest BCUT2D eigenvalue weighted by Gasteiger charge is 2.22. The standard InChI is InChI=1S/C15H12BrClO2/c16-11-7-5-10(6-8-11)9-13(15(18)19)12-3-1-2-4-14(12)17/h1-8,13H,9H2,(H,18,19). The minimum Gasteiger partial charge on any atom is -0.481 e. The van der Waals surface area contributed by atoms with E-state index >= 15 is 0 Å². The second-order valence-corrected chi connectivity index (χ2v) is 5.57. The number of carboxylic acid groups (broad SMARTS) is 1. The van der Waals surface area contributed by atoms with Gasteiger partial charge in [-0.05, 0) is 35.7 Å². The van der Waals surface area contributed by atoms with Crippen LogP contribution in [0.4, 0.5) is 0 Å². The van der Waals surface area contributed by atoms with Crippen LogP contribution in [-0.2, 0) is 11.2 Å². The molecule has 0 aliphatic heterocycles. The molecule has 0 amide bonds. The molecule has 0 aromatic heterocycles. The summed E-state index contributed by atoms with van der Waals surface area (Å²) in [6.07, 6.45) is 0.423. The van der Waals surface area contributed by atoms with E-state index in [1.54, 1.807) is 24.3 Å². The van der Waals surface area contributed by atoms with E-state index in [4.69, 9.17) is 11.6 Å². The molecule has 0 saturated carbocycles. The summed E-state index contributed by atoms with van der Waals surface area (Å²) in [5.74, 6) is -1.49. The molecule has 0 aliphatic rings. The summed E-state index contributed by atoms with van der Waals surface area (Å²) in [6, 6.07) is 14.7. The van der Waals surface area contributed by atoms with E-state index in [2.05, 4.69) is 15.9 Å². The van der Waals surface area contributed by atoms with Gasteiger partial charge >= 0.3 is 5.97 Å². The van der Waals surface area contributed by atoms with E-state index in [1.165, 1.54) is 0 Å². The summed E-state index contributed by atoms with van der Waals surface area (Å²) in [4.78, 5) is 11.5. The predicted octanol–water partition coefficient (Wildman–Crippen LogP) is 4.51. The highest BCUT2D eigenvalue weighted by atomic mass is 79.9. The molecule has 4 heteroatoms. The third-order valence-electron chi connectivity index (χ3n) is 2.93. The summed E-state index contributed by atoms with van der Waals surface area (Å²) >= 11 is 9.44. The number of carbonyl (C=O) groups is 1. The van der Waals surface area contributed by atoms with E-state index < -0.39 is 11.9 Å². The topological polar surface area (TPSA) is 37.3 Å². The Morgan fingerprint density at radius 2 is 1.79 bits per heavy atom. The van der Waals surface area contributed by atoms with Crippen LogP contribution in [0.25, 0.3) is 0 Å². The molecule has 0 fully saturated rings. The van der Waals surface area contributed by atoms with E-state index in [9.17, 15) is 9.90 Å². The summed E-state index contributed by atoms with van der Waals surface area (Å²) in [5, 5.41) is 9.89. The van der Waals surface area contributed by atoms with Gasteiger partial charge in [-0.25, -0.2) is 0 Å². The number of benzene rings is 2. The Hall–Kier alpha value is -1.32. The molecule has 2 nitrogen and oxygen atoms in total. The first-order valence-corrected chi connectivity index (χ1v) is 6.96. The fourth-order valence-electron chi connectivity index (χ4n) is 1.94. The van der Waals surface area contributed by atoms with Gasteiger partial charge in [-0.2, -0.15) is 0 Å². The van der Waals surface area contributed by atoms with Crippen LogP contribution in [0.1, 0.15) is 17.0 Å². The maximum atomic E-state index is 11.5. The highest BCUT2D eigenvalue weighted by molar-refractivity contribution is 9.10. The van der Waals surface area contributed by atoms with Gasteiger partial charge in [0.1, 0.15) is 0 Å². The number of aliphatic carboxylic acids is 1. The van der Waals surface area contributed by atoms with Gasteiger partial charge in [0.05, 0.1) is 5.92 Å². The fourth-order valence-corrected chi connectivity index (χ4v) is 2.48. The lowest BCUT2D eigenvalue weighted by atomic mass is 9.92. The van der Waals surface area contributed by atoms with E-state index in [-0.39, 0.29) is 0 Å². The van der Waals surface area contributed by atoms with Crippen molar-refractivity contribution in [3.8, 4) is 0 Å². The van der Waals surface area contributed by atoms with Gasteiger partial charge in [-0.1, -0.05) is 57.9 Å². The summed E-state index contributed by atoms with van der Waals surface area (Å²) in [5.41, 5.74) is 1.62. The number of hydrogen-bond donors (Lipinski definition) is 1. The maximum Gasteiger partial charge on any atom is 0.311 e. The largest absolute Gasteiger partial charge is 0.481 e. The molecule has 0 saturated heterocycles. The summed E-state index contributed by atoms with van der Waals surface area (Å²) in [7, 11) is 0. The SMILES string of the molecule is O=C(O)C(Cc1ccc(Br)cc1)c1ccccc1Cl. The van der Waals surface area contributed by atoms with Crippen molar-refractivity contribution in [1.29, 1.82) is 0 Å². The lowest BCUT2D eigenvalue weighted by Gasteiger charge is -2.14. The molecular weight excluding hydrogens is 328 g/mol. The monoisotopic (exact) mass is 338 g/mol. The van der Waals surface area contributed by atoms with E-state index in [0.29, 0.717) is 17.0 Å². The van der Waals surface area contributed by atoms with Crippen LogP contribution in [0.2, 0.25) is 5.02 Å². The average molecular weight is 340 g/mol. The van der Waals surface area contributed by atoms with Crippen molar-refractivity contribution in [2.75, 3.05) is 0 Å². The van der Waals surface area contributed by atoms with Gasteiger partial charge in [0, 0.05) is 9.50 Å². The fraction of sp³-hybridized carbons (Fsp3) is 0.133. The van der Waals surface area contributed by atoms with E-state index in [1.807, 2.05) is 24.3 Å². The lowest BCUT2D eigenvalue weighted by Crippen LogP contribution is -2.14. The first-order valence-electron chi connectivity index (χ1n) is 5.79. The van der Waals surface area contributed by atoms with Crippen LogP contribution in [0.3, 0.4) is 0 Å². The molecule has 1 atom stereocenters. The van der Waals surface area contributed by atoms with E-state index in [0.717, 1.165) is 10.0 Å². The zero-order valence-corrected chi connectivity index (χ0v) is 12.4. The van der Waals surface area contributed by atoms with Gasteiger partial charge < -0.3 is 5.11 Å². The molecule has 0 heterocycles. The molecule has 2 rings (SSSR count). The van der Waals surface area contributed by atoms with Gasteiger partial charge in [0.25, 0.3) is 0 Å². The number of carboxylic acids is 1. The molecule has 0 radical (unpaired) electrons. The third kappa shape index (κ3) is 3.58. The van der Waals surface area contributed by atoms with Crippen molar-refractivity contribution in [3.63, 3.8) is 0 Å². The Bertz CT molecular complexity index is 581. The van der Waals surface area contributed by atoms with Gasteiger partial charge in [-0.15, -0.1) is 0 Å². The molecule has 2 aromatic rings. The third-order valence-corrected chi connectivity index (χ3v) is 3.80. The van der Waals surface area contributed by atoms with Crippen molar-refractivity contribution in [2.45, 2.75) is 12.3 Å². The normalized spacial score (nSPS) is 12.1. The zero-order chi connectivity index (χ0) is 13.8. The van der Waals surface area contributed by atoms with Crippen LogP contribution in [-0.4, -0.2) is 11.1 Å². The quantitative estimate of drug-likeness (QED) is 0.889. The van der Waals surface area contributed by atoms with Crippen LogP contribution in [0, 0.1) is 0 Å². The molecule has 19 heavy (non-hydrogen) atoms. The average Bonchev–Trinajstić information content (AvgIpc) is 2.39. The van der Waals surface area contributed by atoms with Gasteiger partial charge in [0.2, 0.25) is 0 Å². The first kappa shape index (κ1) is 14.1. The first-order chi connectivity index (χ1) is 9.08. The number of rotatable bonds is 4. The minimum atomic E-state index is -0.865. The molecule has 98 valence electrons. The Labute approximate surface area is 125 Å². The predicted molar refractivity (Wildman–Crippen MR) is 79.7 cm³/mol. The van der Waals surface area contributed by atoms with Gasteiger partial charge in [-0.3, -0.25) is 4.79 Å². The van der Waals surface area contributed by atoms with Crippen molar-refractivity contribution in [3.05, 3.63) is 69.2 Å². The van der Waals surface area contributed by atoms with Crippen molar-refractivity contribution >= 4 is 33.5 Å². The number of hydrogen-bond acceptors (Lipinski definition) is 1. The summed E-state index contributed by atoms with van der Waals surface area (Å²) < 4.78 is 0.973. The molecule has 0 bridgehead atoms. The zero-order valence-electron chi connectivity index (χ0n) is 10.0. The van der Waals surface area contributed by atoms with Crippen LogP contribution < -0.4 is 0 Å². The summed E-state index contributed by atoms with van der Waals surface area (Å²) in [6.45, 7) is 0. The molecule has 0 aliphatic carbocycles. The van der Waals surface area contributed by atoms with Crippen LogP contribution >= 0.6 is 27.5 Å². The molecule has 1 unspecified atom stereocenters. The van der Waals surface area contributed by atoms with Crippen molar-refractivity contribution in [1.82, 2.24) is 0 Å². The smallest absolute Gasteiger partial charge is 0.311 e. The Kier molecular flexibility index (Phi) is 4.61. The Morgan fingerprint density at radius 1 is 1.16 bits per heavy atom. The molecule has 2 aromatic carbocycles. The second-order valence-electron chi connectivity index (χ2n) is 4.24.